The zero-order chi connectivity index (χ0) is 17.6. The number of nitrogens with zero attached hydrogens (tertiary/aromatic N) is 4. The average molecular weight is 341 g/mol. The zero-order valence-corrected chi connectivity index (χ0v) is 15.1. The van der Waals surface area contributed by atoms with E-state index in [0.717, 1.165) is 38.3 Å². The fraction of sp³-hybridized carbons (Fsp3) is 0.474. The van der Waals surface area contributed by atoms with Gasteiger partial charge in [0.2, 0.25) is 0 Å². The van der Waals surface area contributed by atoms with Crippen LogP contribution in [0.3, 0.4) is 0 Å². The molecule has 1 aliphatic heterocycles. The van der Waals surface area contributed by atoms with Crippen molar-refractivity contribution in [2.45, 2.75) is 32.0 Å². The van der Waals surface area contributed by atoms with Crippen LogP contribution < -0.4 is 5.32 Å². The number of carbonyl (C=O) groups is 1. The standard InChI is InChI=1S/C19H27N5O/c1-22(2)17-9-6-11-24(15-17)19(25)21-13-18-20-10-12-23(18)14-16-7-4-3-5-8-16/h3-5,7-8,10,12,17H,6,9,11,13-15H2,1-2H3,(H,21,25)/t17-/m1/s1. The van der Waals surface area contributed by atoms with Crippen LogP contribution in [-0.2, 0) is 13.1 Å². The van der Waals surface area contributed by atoms with Crippen LogP contribution in [0.1, 0.15) is 24.2 Å². The molecule has 1 saturated heterocycles. The van der Waals surface area contributed by atoms with E-state index in [4.69, 9.17) is 0 Å². The number of hydrogen-bond acceptors (Lipinski definition) is 3. The Morgan fingerprint density at radius 2 is 2.12 bits per heavy atom. The highest BCUT2D eigenvalue weighted by molar-refractivity contribution is 5.74. The van der Waals surface area contributed by atoms with Crippen LogP contribution in [0.4, 0.5) is 4.79 Å². The van der Waals surface area contributed by atoms with Gasteiger partial charge in [-0.3, -0.25) is 0 Å². The van der Waals surface area contributed by atoms with Crippen LogP contribution in [0.5, 0.6) is 0 Å². The second-order valence-corrected chi connectivity index (χ2v) is 6.82. The topological polar surface area (TPSA) is 53.4 Å². The van der Waals surface area contributed by atoms with Crippen molar-refractivity contribution in [1.82, 2.24) is 24.7 Å². The molecular weight excluding hydrogens is 314 g/mol. The highest BCUT2D eigenvalue weighted by atomic mass is 16.2. The number of likely N-dealkylation sites (N-methyl/N-ethyl adjacent to an activating group) is 1. The summed E-state index contributed by atoms with van der Waals surface area (Å²) in [6.07, 6.45) is 5.95. The van der Waals surface area contributed by atoms with E-state index in [1.807, 2.05) is 29.3 Å². The molecule has 0 saturated carbocycles. The van der Waals surface area contributed by atoms with Crippen molar-refractivity contribution < 1.29 is 4.79 Å². The minimum atomic E-state index is 0.000751. The van der Waals surface area contributed by atoms with Gasteiger partial charge in [-0.05, 0) is 32.5 Å². The number of aromatic nitrogens is 2. The minimum absolute atomic E-state index is 0.000751. The van der Waals surface area contributed by atoms with Gasteiger partial charge in [0.05, 0.1) is 6.54 Å². The maximum absolute atomic E-state index is 12.5. The van der Waals surface area contributed by atoms with Crippen molar-refractivity contribution in [3.63, 3.8) is 0 Å². The Balaban J connectivity index is 1.55. The summed E-state index contributed by atoms with van der Waals surface area (Å²) in [6, 6.07) is 10.7. The van der Waals surface area contributed by atoms with Crippen molar-refractivity contribution in [3.05, 3.63) is 54.1 Å². The Bertz CT molecular complexity index is 682. The summed E-state index contributed by atoms with van der Waals surface area (Å²) < 4.78 is 2.08. The molecule has 0 spiro atoms. The van der Waals surface area contributed by atoms with Crippen LogP contribution >= 0.6 is 0 Å². The summed E-state index contributed by atoms with van der Waals surface area (Å²) in [5, 5.41) is 3.03. The summed E-state index contributed by atoms with van der Waals surface area (Å²) in [5.74, 6) is 0.873. The molecule has 1 aliphatic rings. The molecule has 0 unspecified atom stereocenters. The van der Waals surface area contributed by atoms with Gasteiger partial charge >= 0.3 is 6.03 Å². The summed E-state index contributed by atoms with van der Waals surface area (Å²) in [5.41, 5.74) is 1.22. The van der Waals surface area contributed by atoms with Gasteiger partial charge < -0.3 is 19.7 Å². The van der Waals surface area contributed by atoms with Gasteiger partial charge in [0.1, 0.15) is 5.82 Å². The monoisotopic (exact) mass is 341 g/mol. The van der Waals surface area contributed by atoms with Gasteiger partial charge in [0.15, 0.2) is 0 Å². The van der Waals surface area contributed by atoms with Crippen LogP contribution in [0, 0.1) is 0 Å². The second kappa shape index (κ2) is 8.16. The lowest BCUT2D eigenvalue weighted by molar-refractivity contribution is 0.139. The Morgan fingerprint density at radius 3 is 2.88 bits per heavy atom. The maximum Gasteiger partial charge on any atom is 0.317 e. The molecule has 1 N–H and O–H groups in total. The molecule has 2 heterocycles. The van der Waals surface area contributed by atoms with Gasteiger partial charge in [-0.2, -0.15) is 0 Å². The Kier molecular flexibility index (Phi) is 5.71. The first-order valence-electron chi connectivity index (χ1n) is 8.86. The number of rotatable bonds is 5. The predicted molar refractivity (Wildman–Crippen MR) is 98.3 cm³/mol. The smallest absolute Gasteiger partial charge is 0.317 e. The first-order valence-corrected chi connectivity index (χ1v) is 8.86. The lowest BCUT2D eigenvalue weighted by Gasteiger charge is -2.36. The van der Waals surface area contributed by atoms with E-state index >= 15 is 0 Å². The Hall–Kier alpha value is -2.34. The number of amides is 2. The number of carbonyl (C=O) groups excluding carboxylic acids is 1. The van der Waals surface area contributed by atoms with Crippen LogP contribution in [0.2, 0.25) is 0 Å². The van der Waals surface area contributed by atoms with Crippen molar-refractivity contribution >= 4 is 6.03 Å². The van der Waals surface area contributed by atoms with E-state index in [9.17, 15) is 4.79 Å². The normalized spacial score (nSPS) is 17.7. The summed E-state index contributed by atoms with van der Waals surface area (Å²) in [6.45, 7) is 2.83. The number of hydrogen-bond donors (Lipinski definition) is 1. The van der Waals surface area contributed by atoms with Crippen LogP contribution in [-0.4, -0.2) is 58.6 Å². The molecule has 2 aromatic rings. The van der Waals surface area contributed by atoms with Crippen molar-refractivity contribution in [1.29, 1.82) is 0 Å². The zero-order valence-electron chi connectivity index (χ0n) is 15.1. The Labute approximate surface area is 149 Å². The quantitative estimate of drug-likeness (QED) is 0.907. The third-order valence-corrected chi connectivity index (χ3v) is 4.81. The molecular formula is C19H27N5O. The molecule has 1 atom stereocenters. The lowest BCUT2D eigenvalue weighted by atomic mass is 10.1. The fourth-order valence-corrected chi connectivity index (χ4v) is 3.26. The number of nitrogens with one attached hydrogen (secondary N) is 1. The van der Waals surface area contributed by atoms with E-state index < -0.39 is 0 Å². The molecule has 6 heteroatoms. The second-order valence-electron chi connectivity index (χ2n) is 6.82. The molecule has 1 aromatic carbocycles. The predicted octanol–water partition coefficient (Wildman–Crippen LogP) is 2.17. The van der Waals surface area contributed by atoms with Gasteiger partial charge in [-0.15, -0.1) is 0 Å². The average Bonchev–Trinajstić information content (AvgIpc) is 3.07. The van der Waals surface area contributed by atoms with Crippen molar-refractivity contribution in [2.75, 3.05) is 27.2 Å². The summed E-state index contributed by atoms with van der Waals surface area (Å²) in [4.78, 5) is 21.0. The lowest BCUT2D eigenvalue weighted by Crippen LogP contribution is -2.50. The SMILES string of the molecule is CN(C)[C@@H]1CCCN(C(=O)NCc2nccn2Cc2ccccc2)C1. The third-order valence-electron chi connectivity index (χ3n) is 4.81. The largest absolute Gasteiger partial charge is 0.331 e. The first-order chi connectivity index (χ1) is 12.1. The number of urea groups is 1. The third kappa shape index (κ3) is 4.60. The summed E-state index contributed by atoms with van der Waals surface area (Å²) in [7, 11) is 4.15. The highest BCUT2D eigenvalue weighted by Crippen LogP contribution is 2.14. The molecule has 0 aliphatic carbocycles. The number of likely N-dealkylation sites (tertiary alicyclic amines) is 1. The molecule has 6 nitrogen and oxygen atoms in total. The maximum atomic E-state index is 12.5. The minimum Gasteiger partial charge on any atom is -0.331 e. The molecule has 0 radical (unpaired) electrons. The van der Waals surface area contributed by atoms with Crippen molar-refractivity contribution in [3.8, 4) is 0 Å². The van der Waals surface area contributed by atoms with Crippen LogP contribution in [0.15, 0.2) is 42.7 Å². The van der Waals surface area contributed by atoms with Gasteiger partial charge in [0.25, 0.3) is 0 Å². The van der Waals surface area contributed by atoms with E-state index in [1.54, 1.807) is 6.20 Å². The Morgan fingerprint density at radius 1 is 1.32 bits per heavy atom. The molecule has 134 valence electrons. The molecule has 1 aromatic heterocycles. The number of benzene rings is 1. The summed E-state index contributed by atoms with van der Waals surface area (Å²) >= 11 is 0. The van der Waals surface area contributed by atoms with Crippen LogP contribution in [0.25, 0.3) is 0 Å². The fourth-order valence-electron chi connectivity index (χ4n) is 3.26. The van der Waals surface area contributed by atoms with E-state index in [0.29, 0.717) is 12.6 Å². The van der Waals surface area contributed by atoms with E-state index in [-0.39, 0.29) is 6.03 Å². The number of piperidine rings is 1. The van der Waals surface area contributed by atoms with E-state index in [1.165, 1.54) is 5.56 Å². The van der Waals surface area contributed by atoms with Gasteiger partial charge in [0, 0.05) is 38.1 Å². The molecule has 1 fully saturated rings. The molecule has 2 amide bonds. The molecule has 3 rings (SSSR count). The molecule has 0 bridgehead atoms. The van der Waals surface area contributed by atoms with E-state index in [2.05, 4.69) is 46.0 Å². The first kappa shape index (κ1) is 17.5. The molecule has 25 heavy (non-hydrogen) atoms. The van der Waals surface area contributed by atoms with Gasteiger partial charge in [-0.1, -0.05) is 30.3 Å². The highest BCUT2D eigenvalue weighted by Gasteiger charge is 2.24. The van der Waals surface area contributed by atoms with Crippen molar-refractivity contribution in [2.24, 2.45) is 0 Å². The number of imidazole rings is 1. The van der Waals surface area contributed by atoms with Gasteiger partial charge in [-0.25, -0.2) is 9.78 Å².